The van der Waals surface area contributed by atoms with Crippen molar-refractivity contribution in [3.05, 3.63) is 46.2 Å². The molecule has 0 amide bonds. The average molecular weight is 364 g/mol. The summed E-state index contributed by atoms with van der Waals surface area (Å²) in [5, 5.41) is 6.41. The lowest BCUT2D eigenvalue weighted by Crippen LogP contribution is -2.39. The van der Waals surface area contributed by atoms with Gasteiger partial charge in [0.25, 0.3) is 0 Å². The number of thiazole rings is 1. The molecule has 1 atom stereocenters. The van der Waals surface area contributed by atoms with Gasteiger partial charge < -0.3 is 15.0 Å². The summed E-state index contributed by atoms with van der Waals surface area (Å²) in [7, 11) is 1.99. The molecule has 0 fully saturated rings. The highest BCUT2D eigenvalue weighted by molar-refractivity contribution is 7.09. The fourth-order valence-corrected chi connectivity index (χ4v) is 2.87. The maximum Gasteiger partial charge on any atom is 0.194 e. The third kappa shape index (κ3) is 6.34. The lowest BCUT2D eigenvalue weighted by Gasteiger charge is -2.22. The van der Waals surface area contributed by atoms with Gasteiger partial charge >= 0.3 is 0 Å². The van der Waals surface area contributed by atoms with Crippen molar-refractivity contribution in [1.82, 2.24) is 15.2 Å². The molecule has 25 heavy (non-hydrogen) atoms. The highest BCUT2D eigenvalue weighted by Crippen LogP contribution is 2.13. The molecule has 0 aliphatic rings. The van der Waals surface area contributed by atoms with Gasteiger partial charge in [-0.1, -0.05) is 0 Å². The highest BCUT2D eigenvalue weighted by Gasteiger charge is 2.10. The van der Waals surface area contributed by atoms with Crippen molar-refractivity contribution in [3.8, 4) is 5.75 Å². The molecule has 0 radical (unpaired) electrons. The number of guanidine groups is 1. The smallest absolute Gasteiger partial charge is 0.194 e. The molecule has 1 aromatic heterocycles. The molecule has 1 unspecified atom stereocenters. The molecule has 7 heteroatoms. The van der Waals surface area contributed by atoms with Crippen molar-refractivity contribution in [2.45, 2.75) is 33.4 Å². The van der Waals surface area contributed by atoms with E-state index in [1.54, 1.807) is 23.5 Å². The molecule has 0 saturated carbocycles. The monoisotopic (exact) mass is 364 g/mol. The Kier molecular flexibility index (Phi) is 7.18. The molecule has 1 heterocycles. The highest BCUT2D eigenvalue weighted by atomic mass is 32.1. The molecule has 0 saturated heterocycles. The summed E-state index contributed by atoms with van der Waals surface area (Å²) in [6.45, 7) is 7.97. The topological polar surface area (TPSA) is 49.8 Å². The van der Waals surface area contributed by atoms with Gasteiger partial charge in [-0.25, -0.2) is 14.4 Å². The van der Waals surface area contributed by atoms with Crippen LogP contribution in [0.5, 0.6) is 5.75 Å². The Morgan fingerprint density at radius 3 is 2.72 bits per heavy atom. The van der Waals surface area contributed by atoms with Crippen LogP contribution in [0.4, 0.5) is 4.39 Å². The van der Waals surface area contributed by atoms with E-state index >= 15 is 0 Å². The van der Waals surface area contributed by atoms with Crippen molar-refractivity contribution in [1.29, 1.82) is 0 Å². The fourth-order valence-electron chi connectivity index (χ4n) is 2.27. The largest absolute Gasteiger partial charge is 0.489 e. The molecular weight excluding hydrogens is 339 g/mol. The Bertz CT molecular complexity index is 687. The SMILES string of the molecule is CCNC(=NCC(C)Oc1ccc(F)cc1)N(C)Cc1csc(C)n1. The average Bonchev–Trinajstić information content (AvgIpc) is 2.98. The molecule has 0 aliphatic carbocycles. The third-order valence-corrected chi connectivity index (χ3v) is 4.23. The van der Waals surface area contributed by atoms with E-state index in [0.29, 0.717) is 18.8 Å². The second-order valence-electron chi connectivity index (χ2n) is 5.79. The normalized spacial score (nSPS) is 12.8. The van der Waals surface area contributed by atoms with Crippen LogP contribution in [0, 0.1) is 12.7 Å². The second-order valence-corrected chi connectivity index (χ2v) is 6.85. The zero-order valence-electron chi connectivity index (χ0n) is 15.1. The van der Waals surface area contributed by atoms with Crippen LogP contribution < -0.4 is 10.1 Å². The maximum atomic E-state index is 12.9. The number of aryl methyl sites for hydroxylation is 1. The minimum Gasteiger partial charge on any atom is -0.489 e. The zero-order chi connectivity index (χ0) is 18.2. The van der Waals surface area contributed by atoms with Crippen LogP contribution in [0.3, 0.4) is 0 Å². The number of nitrogens with one attached hydrogen (secondary N) is 1. The lowest BCUT2D eigenvalue weighted by molar-refractivity contribution is 0.229. The van der Waals surface area contributed by atoms with E-state index in [4.69, 9.17) is 4.74 Å². The van der Waals surface area contributed by atoms with E-state index < -0.39 is 0 Å². The molecule has 136 valence electrons. The van der Waals surface area contributed by atoms with Crippen molar-refractivity contribution < 1.29 is 9.13 Å². The summed E-state index contributed by atoms with van der Waals surface area (Å²) < 4.78 is 18.7. The molecule has 2 rings (SSSR count). The molecular formula is C18H25FN4OS. The van der Waals surface area contributed by atoms with Gasteiger partial charge in [0.05, 0.1) is 23.8 Å². The van der Waals surface area contributed by atoms with Gasteiger partial charge in [0.15, 0.2) is 5.96 Å². The number of nitrogens with zero attached hydrogens (tertiary/aromatic N) is 3. The first-order valence-electron chi connectivity index (χ1n) is 8.30. The van der Waals surface area contributed by atoms with Gasteiger partial charge in [-0.2, -0.15) is 0 Å². The van der Waals surface area contributed by atoms with E-state index in [-0.39, 0.29) is 11.9 Å². The predicted octanol–water partition coefficient (Wildman–Crippen LogP) is 3.46. The van der Waals surface area contributed by atoms with Gasteiger partial charge in [-0.05, 0) is 45.0 Å². The van der Waals surface area contributed by atoms with Crippen LogP contribution in [-0.4, -0.2) is 42.1 Å². The van der Waals surface area contributed by atoms with E-state index in [2.05, 4.69) is 20.7 Å². The first kappa shape index (κ1) is 19.2. The van der Waals surface area contributed by atoms with Crippen molar-refractivity contribution in [3.63, 3.8) is 0 Å². The number of benzene rings is 1. The standard InChI is InChI=1S/C18H25FN4OS/c1-5-20-18(23(4)11-16-12-25-14(3)22-16)21-10-13(2)24-17-8-6-15(19)7-9-17/h6-9,12-13H,5,10-11H2,1-4H3,(H,20,21). The number of halogens is 1. The van der Waals surface area contributed by atoms with E-state index in [1.165, 1.54) is 12.1 Å². The Labute approximate surface area is 152 Å². The molecule has 1 N–H and O–H groups in total. The summed E-state index contributed by atoms with van der Waals surface area (Å²) in [4.78, 5) is 11.2. The van der Waals surface area contributed by atoms with Crippen molar-refractivity contribution >= 4 is 17.3 Å². The minimum atomic E-state index is -0.272. The minimum absolute atomic E-state index is 0.117. The Hall–Kier alpha value is -2.15. The number of hydrogen-bond acceptors (Lipinski definition) is 4. The van der Waals surface area contributed by atoms with E-state index in [0.717, 1.165) is 23.2 Å². The summed E-state index contributed by atoms with van der Waals surface area (Å²) in [5.74, 6) is 1.18. The summed E-state index contributed by atoms with van der Waals surface area (Å²) >= 11 is 1.65. The second kappa shape index (κ2) is 9.36. The van der Waals surface area contributed by atoms with E-state index in [9.17, 15) is 4.39 Å². The quantitative estimate of drug-likeness (QED) is 0.604. The molecule has 0 spiro atoms. The van der Waals surface area contributed by atoms with Gasteiger partial charge in [-0.3, -0.25) is 0 Å². The van der Waals surface area contributed by atoms with Gasteiger partial charge in [0.2, 0.25) is 0 Å². The van der Waals surface area contributed by atoms with Crippen molar-refractivity contribution in [2.24, 2.45) is 4.99 Å². The lowest BCUT2D eigenvalue weighted by atomic mass is 10.3. The van der Waals surface area contributed by atoms with Crippen LogP contribution in [0.2, 0.25) is 0 Å². The Balaban J connectivity index is 1.94. The van der Waals surface area contributed by atoms with Crippen LogP contribution in [-0.2, 0) is 6.54 Å². The molecule has 0 bridgehead atoms. The number of ether oxygens (including phenoxy) is 1. The number of aromatic nitrogens is 1. The van der Waals surface area contributed by atoms with E-state index in [1.807, 2.05) is 32.7 Å². The predicted molar refractivity (Wildman–Crippen MR) is 101 cm³/mol. The first-order valence-corrected chi connectivity index (χ1v) is 9.18. The Morgan fingerprint density at radius 2 is 2.12 bits per heavy atom. The molecule has 2 aromatic rings. The molecule has 0 aliphatic heterocycles. The number of rotatable bonds is 7. The van der Waals surface area contributed by atoms with Gasteiger partial charge in [-0.15, -0.1) is 11.3 Å². The number of hydrogen-bond donors (Lipinski definition) is 1. The van der Waals surface area contributed by atoms with Crippen LogP contribution in [0.15, 0.2) is 34.6 Å². The Morgan fingerprint density at radius 1 is 1.40 bits per heavy atom. The summed E-state index contributed by atoms with van der Waals surface area (Å²) in [6.07, 6.45) is -0.117. The fraction of sp³-hybridized carbons (Fsp3) is 0.444. The maximum absolute atomic E-state index is 12.9. The third-order valence-electron chi connectivity index (χ3n) is 3.41. The summed E-state index contributed by atoms with van der Waals surface area (Å²) in [6, 6.07) is 6.02. The summed E-state index contributed by atoms with van der Waals surface area (Å²) in [5.41, 5.74) is 1.03. The van der Waals surface area contributed by atoms with Crippen LogP contribution >= 0.6 is 11.3 Å². The molecule has 1 aromatic carbocycles. The number of aliphatic imine (C=N–C) groups is 1. The van der Waals surface area contributed by atoms with Gasteiger partial charge in [0, 0.05) is 19.0 Å². The van der Waals surface area contributed by atoms with Crippen LogP contribution in [0.25, 0.3) is 0 Å². The molecule has 5 nitrogen and oxygen atoms in total. The zero-order valence-corrected chi connectivity index (χ0v) is 15.9. The van der Waals surface area contributed by atoms with Crippen molar-refractivity contribution in [2.75, 3.05) is 20.1 Å². The van der Waals surface area contributed by atoms with Gasteiger partial charge in [0.1, 0.15) is 17.7 Å². The van der Waals surface area contributed by atoms with Crippen LogP contribution in [0.1, 0.15) is 24.5 Å². The first-order chi connectivity index (χ1) is 12.0.